The van der Waals surface area contributed by atoms with Crippen LogP contribution in [-0.2, 0) is 0 Å². The van der Waals surface area contributed by atoms with Crippen molar-refractivity contribution in [2.45, 2.75) is 73.6 Å². The second-order valence-electron chi connectivity index (χ2n) is 8.55. The van der Waals surface area contributed by atoms with E-state index in [1.54, 1.807) is 0 Å². The molecule has 0 saturated heterocycles. The fourth-order valence-electron chi connectivity index (χ4n) is 5.03. The number of allylic oxidation sites excluding steroid dienone is 4. The number of fused-ring (bicyclic) bond motifs is 1. The van der Waals surface area contributed by atoms with E-state index < -0.39 is 0 Å². The third-order valence-electron chi connectivity index (χ3n) is 6.86. The van der Waals surface area contributed by atoms with Crippen LogP contribution in [0.2, 0.25) is 0 Å². The van der Waals surface area contributed by atoms with E-state index in [9.17, 15) is 5.11 Å². The summed E-state index contributed by atoms with van der Waals surface area (Å²) < 4.78 is 0. The zero-order valence-electron chi connectivity index (χ0n) is 15.5. The second-order valence-corrected chi connectivity index (χ2v) is 8.55. The minimum atomic E-state index is 0.391. The van der Waals surface area contributed by atoms with Crippen molar-refractivity contribution in [2.24, 2.45) is 35.0 Å². The predicted octanol–water partition coefficient (Wildman–Crippen LogP) is 6.52. The molecule has 0 aromatic rings. The molecule has 126 valence electrons. The zero-order chi connectivity index (χ0) is 16.5. The standard InChI is InChI=1S/C21H36O/c1-14(2)15(3)9-10-16(4)19-11-12-20-18(17(5)22)8-7-13-21(19,20)6/h9-10,14-16,19-20,22H,7-8,11-13H2,1-6H3/b10-9?,18-17+. The molecule has 0 radical (unpaired) electrons. The van der Waals surface area contributed by atoms with E-state index in [2.05, 4.69) is 46.8 Å². The Hall–Kier alpha value is -0.720. The van der Waals surface area contributed by atoms with Crippen LogP contribution < -0.4 is 0 Å². The molecule has 1 nitrogen and oxygen atoms in total. The Labute approximate surface area is 137 Å². The zero-order valence-corrected chi connectivity index (χ0v) is 15.5. The SMILES string of the molecule is C/C(O)=C1/CCCC2(C)C1CCC2C(C)C=CC(C)C(C)C. The maximum atomic E-state index is 10.1. The lowest BCUT2D eigenvalue weighted by Gasteiger charge is -2.44. The van der Waals surface area contributed by atoms with E-state index in [-0.39, 0.29) is 0 Å². The van der Waals surface area contributed by atoms with Crippen molar-refractivity contribution in [3.63, 3.8) is 0 Å². The Balaban J connectivity index is 2.15. The Bertz CT molecular complexity index is 441. The van der Waals surface area contributed by atoms with Gasteiger partial charge in [0.05, 0.1) is 5.76 Å². The Morgan fingerprint density at radius 3 is 2.45 bits per heavy atom. The molecule has 22 heavy (non-hydrogen) atoms. The molecule has 1 heteroatoms. The van der Waals surface area contributed by atoms with Crippen LogP contribution in [-0.4, -0.2) is 5.11 Å². The molecule has 2 aliphatic carbocycles. The Kier molecular flexibility index (Phi) is 5.45. The van der Waals surface area contributed by atoms with Crippen LogP contribution in [0.5, 0.6) is 0 Å². The van der Waals surface area contributed by atoms with Gasteiger partial charge in [-0.1, -0.05) is 46.8 Å². The molecule has 0 aliphatic heterocycles. The first-order valence-corrected chi connectivity index (χ1v) is 9.34. The van der Waals surface area contributed by atoms with Crippen LogP contribution in [0, 0.1) is 35.0 Å². The van der Waals surface area contributed by atoms with Gasteiger partial charge >= 0.3 is 0 Å². The molecule has 5 unspecified atom stereocenters. The van der Waals surface area contributed by atoms with Crippen molar-refractivity contribution in [1.82, 2.24) is 0 Å². The van der Waals surface area contributed by atoms with Crippen molar-refractivity contribution in [3.8, 4) is 0 Å². The number of aliphatic hydroxyl groups excluding tert-OH is 1. The molecule has 2 aliphatic rings. The summed E-state index contributed by atoms with van der Waals surface area (Å²) in [6, 6.07) is 0. The molecule has 0 spiro atoms. The lowest BCUT2D eigenvalue weighted by molar-refractivity contribution is 0.108. The largest absolute Gasteiger partial charge is 0.513 e. The predicted molar refractivity (Wildman–Crippen MR) is 95.8 cm³/mol. The first-order chi connectivity index (χ1) is 10.3. The van der Waals surface area contributed by atoms with Gasteiger partial charge in [-0.3, -0.25) is 0 Å². The van der Waals surface area contributed by atoms with Crippen molar-refractivity contribution in [2.75, 3.05) is 0 Å². The van der Waals surface area contributed by atoms with Crippen LogP contribution in [0.1, 0.15) is 73.6 Å². The maximum Gasteiger partial charge on any atom is 0.0886 e. The summed E-state index contributed by atoms with van der Waals surface area (Å²) in [6.45, 7) is 13.7. The molecular weight excluding hydrogens is 268 g/mol. The van der Waals surface area contributed by atoms with Gasteiger partial charge in [-0.2, -0.15) is 0 Å². The topological polar surface area (TPSA) is 20.2 Å². The Morgan fingerprint density at radius 2 is 1.86 bits per heavy atom. The molecule has 0 heterocycles. The molecule has 1 N–H and O–H groups in total. The highest BCUT2D eigenvalue weighted by Crippen LogP contribution is 2.59. The summed E-state index contributed by atoms with van der Waals surface area (Å²) in [6.07, 6.45) is 11.2. The van der Waals surface area contributed by atoms with Crippen molar-refractivity contribution < 1.29 is 5.11 Å². The molecule has 0 amide bonds. The molecule has 0 bridgehead atoms. The van der Waals surface area contributed by atoms with Gasteiger partial charge in [0.2, 0.25) is 0 Å². The van der Waals surface area contributed by atoms with Gasteiger partial charge in [-0.15, -0.1) is 0 Å². The van der Waals surface area contributed by atoms with E-state index in [0.717, 1.165) is 18.3 Å². The van der Waals surface area contributed by atoms with Gasteiger partial charge in [0.15, 0.2) is 0 Å². The van der Waals surface area contributed by atoms with Gasteiger partial charge in [-0.25, -0.2) is 0 Å². The van der Waals surface area contributed by atoms with Gasteiger partial charge < -0.3 is 5.11 Å². The molecule has 2 rings (SSSR count). The van der Waals surface area contributed by atoms with Crippen LogP contribution in [0.3, 0.4) is 0 Å². The van der Waals surface area contributed by atoms with Crippen LogP contribution >= 0.6 is 0 Å². The smallest absolute Gasteiger partial charge is 0.0886 e. The molecule has 2 saturated carbocycles. The number of hydrogen-bond donors (Lipinski definition) is 1. The van der Waals surface area contributed by atoms with E-state index in [4.69, 9.17) is 0 Å². The van der Waals surface area contributed by atoms with Gasteiger partial charge in [-0.05, 0) is 79.6 Å². The van der Waals surface area contributed by atoms with E-state index in [1.807, 2.05) is 6.92 Å². The summed E-state index contributed by atoms with van der Waals surface area (Å²) in [7, 11) is 0. The number of aliphatic hydroxyl groups is 1. The monoisotopic (exact) mass is 304 g/mol. The normalized spacial score (nSPS) is 37.4. The molecule has 0 aromatic heterocycles. The summed E-state index contributed by atoms with van der Waals surface area (Å²) in [5, 5.41) is 10.1. The maximum absolute atomic E-state index is 10.1. The van der Waals surface area contributed by atoms with E-state index in [0.29, 0.717) is 28.9 Å². The minimum Gasteiger partial charge on any atom is -0.513 e. The van der Waals surface area contributed by atoms with Gasteiger partial charge in [0.25, 0.3) is 0 Å². The summed E-state index contributed by atoms with van der Waals surface area (Å²) >= 11 is 0. The molecule has 2 fully saturated rings. The lowest BCUT2D eigenvalue weighted by atomic mass is 9.61. The van der Waals surface area contributed by atoms with Crippen LogP contribution in [0.25, 0.3) is 0 Å². The second kappa shape index (κ2) is 6.81. The minimum absolute atomic E-state index is 0.391. The molecule has 5 atom stereocenters. The van der Waals surface area contributed by atoms with E-state index in [1.165, 1.54) is 31.3 Å². The highest BCUT2D eigenvalue weighted by atomic mass is 16.3. The fraction of sp³-hybridized carbons (Fsp3) is 0.810. The average Bonchev–Trinajstić information content (AvgIpc) is 2.80. The molecule has 0 aromatic carbocycles. The average molecular weight is 305 g/mol. The van der Waals surface area contributed by atoms with Crippen molar-refractivity contribution in [1.29, 1.82) is 0 Å². The fourth-order valence-corrected chi connectivity index (χ4v) is 5.03. The third kappa shape index (κ3) is 3.29. The summed E-state index contributed by atoms with van der Waals surface area (Å²) in [5.41, 5.74) is 1.76. The quantitative estimate of drug-likeness (QED) is 0.463. The number of hydrogen-bond acceptors (Lipinski definition) is 1. The van der Waals surface area contributed by atoms with Crippen LogP contribution in [0.4, 0.5) is 0 Å². The van der Waals surface area contributed by atoms with E-state index >= 15 is 0 Å². The van der Waals surface area contributed by atoms with Crippen LogP contribution in [0.15, 0.2) is 23.5 Å². The van der Waals surface area contributed by atoms with Crippen molar-refractivity contribution in [3.05, 3.63) is 23.5 Å². The Morgan fingerprint density at radius 1 is 1.18 bits per heavy atom. The van der Waals surface area contributed by atoms with Gasteiger partial charge in [0.1, 0.15) is 0 Å². The highest BCUT2D eigenvalue weighted by molar-refractivity contribution is 5.21. The van der Waals surface area contributed by atoms with Crippen molar-refractivity contribution >= 4 is 0 Å². The third-order valence-corrected chi connectivity index (χ3v) is 6.86. The lowest BCUT2D eigenvalue weighted by Crippen LogP contribution is -2.36. The first-order valence-electron chi connectivity index (χ1n) is 9.34. The van der Waals surface area contributed by atoms with Gasteiger partial charge in [0, 0.05) is 0 Å². The molecular formula is C21H36O. The summed E-state index contributed by atoms with van der Waals surface area (Å²) in [5.74, 6) is 4.02. The highest BCUT2D eigenvalue weighted by Gasteiger charge is 2.50. The first kappa shape index (κ1) is 17.6. The number of rotatable bonds is 4. The summed E-state index contributed by atoms with van der Waals surface area (Å²) in [4.78, 5) is 0.